The third kappa shape index (κ3) is 4.22. The van der Waals surface area contributed by atoms with Gasteiger partial charge in [-0.3, -0.25) is 0 Å². The van der Waals surface area contributed by atoms with Gasteiger partial charge in [-0.1, -0.05) is 36.4 Å². The molecule has 0 atom stereocenters. The Kier molecular flexibility index (Phi) is 6.12. The Morgan fingerprint density at radius 2 is 1.77 bits per heavy atom. The van der Waals surface area contributed by atoms with Crippen molar-refractivity contribution in [1.29, 1.82) is 0 Å². The number of nitrogens with zero attached hydrogens (tertiary/aromatic N) is 5. The number of aromatic nitrogens is 2. The van der Waals surface area contributed by atoms with Crippen LogP contribution < -0.4 is 4.90 Å². The number of anilines is 1. The molecule has 6 heteroatoms. The second-order valence-corrected chi connectivity index (χ2v) is 7.59. The quantitative estimate of drug-likeness (QED) is 0.653. The van der Waals surface area contributed by atoms with E-state index in [0.29, 0.717) is 6.54 Å². The highest BCUT2D eigenvalue weighted by molar-refractivity contribution is 5.86. The Balaban J connectivity index is 1.51. The lowest BCUT2D eigenvalue weighted by Gasteiger charge is -2.28. The largest absolute Gasteiger partial charge is 0.339 e. The summed E-state index contributed by atoms with van der Waals surface area (Å²) in [6.45, 7) is 8.60. The van der Waals surface area contributed by atoms with Crippen molar-refractivity contribution >= 4 is 22.8 Å². The van der Waals surface area contributed by atoms with Crippen molar-refractivity contribution in [3.63, 3.8) is 0 Å². The van der Waals surface area contributed by atoms with Crippen molar-refractivity contribution in [2.75, 3.05) is 44.2 Å². The lowest BCUT2D eigenvalue weighted by atomic mass is 10.1. The fourth-order valence-corrected chi connectivity index (χ4v) is 4.01. The molecule has 1 fully saturated rings. The Hall–Kier alpha value is -3.15. The Labute approximate surface area is 178 Å². The highest BCUT2D eigenvalue weighted by atomic mass is 16.2. The number of hydrogen-bond acceptors (Lipinski definition) is 4. The summed E-state index contributed by atoms with van der Waals surface area (Å²) < 4.78 is 0. The van der Waals surface area contributed by atoms with Crippen LogP contribution >= 0.6 is 0 Å². The molecule has 2 aromatic carbocycles. The minimum absolute atomic E-state index is 0.132. The molecule has 0 spiro atoms. The van der Waals surface area contributed by atoms with Gasteiger partial charge in [0.1, 0.15) is 0 Å². The first-order chi connectivity index (χ1) is 14.7. The molecule has 3 aromatic rings. The van der Waals surface area contributed by atoms with E-state index in [2.05, 4.69) is 52.3 Å². The van der Waals surface area contributed by atoms with Gasteiger partial charge in [0, 0.05) is 51.0 Å². The number of fused-ring (bicyclic) bond motifs is 1. The van der Waals surface area contributed by atoms with Crippen LogP contribution in [0.1, 0.15) is 20.3 Å². The van der Waals surface area contributed by atoms with Crippen molar-refractivity contribution in [2.24, 2.45) is 0 Å². The summed E-state index contributed by atoms with van der Waals surface area (Å²) in [6, 6.07) is 16.9. The molecule has 0 aliphatic carbocycles. The maximum atomic E-state index is 12.7. The van der Waals surface area contributed by atoms with Crippen LogP contribution in [0.2, 0.25) is 0 Å². The molecule has 1 saturated heterocycles. The Bertz CT molecular complexity index is 1020. The van der Waals surface area contributed by atoms with Gasteiger partial charge in [0.25, 0.3) is 0 Å². The number of carbonyl (C=O) groups excluding carboxylic acids is 1. The molecule has 1 aromatic heterocycles. The average molecular weight is 404 g/mol. The van der Waals surface area contributed by atoms with Crippen LogP contribution in [-0.2, 0) is 0 Å². The van der Waals surface area contributed by atoms with E-state index in [-0.39, 0.29) is 6.03 Å². The number of amides is 2. The molecule has 0 N–H and O–H groups in total. The van der Waals surface area contributed by atoms with Crippen LogP contribution in [0.15, 0.2) is 54.7 Å². The first-order valence-electron chi connectivity index (χ1n) is 10.8. The van der Waals surface area contributed by atoms with Crippen molar-refractivity contribution < 1.29 is 4.79 Å². The van der Waals surface area contributed by atoms with Gasteiger partial charge >= 0.3 is 6.03 Å². The zero-order valence-corrected chi connectivity index (χ0v) is 17.8. The van der Waals surface area contributed by atoms with E-state index in [1.54, 1.807) is 0 Å². The molecule has 4 rings (SSSR count). The van der Waals surface area contributed by atoms with Gasteiger partial charge in [-0.2, -0.15) is 0 Å². The van der Waals surface area contributed by atoms with Gasteiger partial charge in [0.2, 0.25) is 5.95 Å². The number of carbonyl (C=O) groups is 1. The molecule has 2 amide bonds. The third-order valence-electron chi connectivity index (χ3n) is 5.77. The molecule has 6 nitrogen and oxygen atoms in total. The first kappa shape index (κ1) is 20.1. The van der Waals surface area contributed by atoms with E-state index in [0.717, 1.165) is 56.4 Å². The Morgan fingerprint density at radius 1 is 0.967 bits per heavy atom. The van der Waals surface area contributed by atoms with Crippen molar-refractivity contribution in [2.45, 2.75) is 20.3 Å². The van der Waals surface area contributed by atoms with Gasteiger partial charge in [-0.25, -0.2) is 14.8 Å². The number of urea groups is 1. The van der Waals surface area contributed by atoms with E-state index in [4.69, 9.17) is 4.98 Å². The van der Waals surface area contributed by atoms with Gasteiger partial charge < -0.3 is 14.7 Å². The second kappa shape index (κ2) is 9.11. The van der Waals surface area contributed by atoms with Gasteiger partial charge in [-0.15, -0.1) is 0 Å². The molecule has 2 heterocycles. The highest BCUT2D eigenvalue weighted by Gasteiger charge is 2.23. The summed E-state index contributed by atoms with van der Waals surface area (Å²) in [5.74, 6) is 0.734. The van der Waals surface area contributed by atoms with Crippen LogP contribution in [0, 0.1) is 0 Å². The molecule has 1 aliphatic heterocycles. The van der Waals surface area contributed by atoms with E-state index in [9.17, 15) is 4.79 Å². The molecular formula is C24H29N5O. The Morgan fingerprint density at radius 3 is 2.57 bits per heavy atom. The van der Waals surface area contributed by atoms with Gasteiger partial charge in [-0.05, 0) is 43.2 Å². The fraction of sp³-hybridized carbons (Fsp3) is 0.375. The zero-order chi connectivity index (χ0) is 20.9. The van der Waals surface area contributed by atoms with E-state index in [1.165, 1.54) is 10.8 Å². The standard InChI is InChI=1S/C24H29N5O/c1-3-27(4-2)24(30)29-15-7-14-28(16-17-29)23-25-13-12-22(26-23)21-11-10-19-8-5-6-9-20(19)18-21/h5-6,8-13,18H,3-4,7,14-17H2,1-2H3. The molecule has 0 radical (unpaired) electrons. The first-order valence-corrected chi connectivity index (χ1v) is 10.8. The molecule has 156 valence electrons. The topological polar surface area (TPSA) is 52.6 Å². The molecule has 0 bridgehead atoms. The third-order valence-corrected chi connectivity index (χ3v) is 5.77. The number of rotatable bonds is 4. The lowest BCUT2D eigenvalue weighted by Crippen LogP contribution is -2.44. The zero-order valence-electron chi connectivity index (χ0n) is 17.8. The van der Waals surface area contributed by atoms with Crippen molar-refractivity contribution in [1.82, 2.24) is 19.8 Å². The van der Waals surface area contributed by atoms with Crippen LogP contribution in [0.5, 0.6) is 0 Å². The fourth-order valence-electron chi connectivity index (χ4n) is 4.01. The lowest BCUT2D eigenvalue weighted by molar-refractivity contribution is 0.160. The van der Waals surface area contributed by atoms with Crippen LogP contribution in [-0.4, -0.2) is 65.1 Å². The summed E-state index contributed by atoms with van der Waals surface area (Å²) in [5.41, 5.74) is 2.01. The summed E-state index contributed by atoms with van der Waals surface area (Å²) in [6.07, 6.45) is 2.74. The van der Waals surface area contributed by atoms with Gasteiger partial charge in [0.05, 0.1) is 5.69 Å². The van der Waals surface area contributed by atoms with E-state index in [1.807, 2.05) is 35.9 Å². The normalized spacial score (nSPS) is 14.6. The molecule has 30 heavy (non-hydrogen) atoms. The summed E-state index contributed by atoms with van der Waals surface area (Å²) in [7, 11) is 0. The maximum Gasteiger partial charge on any atom is 0.320 e. The average Bonchev–Trinajstić information content (AvgIpc) is 3.06. The van der Waals surface area contributed by atoms with E-state index >= 15 is 0 Å². The predicted molar refractivity (Wildman–Crippen MR) is 122 cm³/mol. The van der Waals surface area contributed by atoms with Crippen LogP contribution in [0.25, 0.3) is 22.0 Å². The summed E-state index contributed by atoms with van der Waals surface area (Å²) in [4.78, 5) is 28.1. The minimum Gasteiger partial charge on any atom is -0.339 e. The van der Waals surface area contributed by atoms with Crippen molar-refractivity contribution in [3.05, 3.63) is 54.7 Å². The molecule has 0 saturated carbocycles. The monoisotopic (exact) mass is 403 g/mol. The van der Waals surface area contributed by atoms with Crippen LogP contribution in [0.3, 0.4) is 0 Å². The SMILES string of the molecule is CCN(CC)C(=O)N1CCCN(c2nccc(-c3ccc4ccccc4c3)n2)CC1. The van der Waals surface area contributed by atoms with Crippen LogP contribution in [0.4, 0.5) is 10.7 Å². The van der Waals surface area contributed by atoms with Gasteiger partial charge in [0.15, 0.2) is 0 Å². The molecule has 1 aliphatic rings. The molecular weight excluding hydrogens is 374 g/mol. The number of hydrogen-bond donors (Lipinski definition) is 0. The molecule has 0 unspecified atom stereocenters. The smallest absolute Gasteiger partial charge is 0.320 e. The number of benzene rings is 2. The minimum atomic E-state index is 0.132. The van der Waals surface area contributed by atoms with Crippen molar-refractivity contribution in [3.8, 4) is 11.3 Å². The summed E-state index contributed by atoms with van der Waals surface area (Å²) in [5, 5.41) is 2.43. The maximum absolute atomic E-state index is 12.7. The highest BCUT2D eigenvalue weighted by Crippen LogP contribution is 2.24. The predicted octanol–water partition coefficient (Wildman–Crippen LogP) is 4.27. The van der Waals surface area contributed by atoms with E-state index < -0.39 is 0 Å². The second-order valence-electron chi connectivity index (χ2n) is 7.59. The summed E-state index contributed by atoms with van der Waals surface area (Å²) >= 11 is 0.